The largest absolute Gasteiger partial charge is 0.378 e. The molecule has 72 valence electrons. The molecule has 0 fully saturated rings. The van der Waals surface area contributed by atoms with Gasteiger partial charge >= 0.3 is 0 Å². The molecule has 0 aromatic carbocycles. The number of nitrogens with one attached hydrogen (secondary N) is 1. The van der Waals surface area contributed by atoms with E-state index >= 15 is 0 Å². The Morgan fingerprint density at radius 1 is 1.69 bits per heavy atom. The lowest BCUT2D eigenvalue weighted by Crippen LogP contribution is -1.99. The molecular weight excluding hydrogens is 204 g/mol. The topological polar surface area (TPSA) is 37.9 Å². The van der Waals surface area contributed by atoms with Gasteiger partial charge in [0.05, 0.1) is 12.4 Å². The molecule has 0 saturated carbocycles. The number of H-pyrrole nitrogens is 1. The number of hydrogen-bond acceptors (Lipinski definition) is 4. The molecule has 1 heterocycles. The molecule has 0 bridgehead atoms. The highest BCUT2D eigenvalue weighted by Gasteiger charge is 1.97. The molecule has 0 saturated heterocycles. The van der Waals surface area contributed by atoms with Crippen LogP contribution in [0, 0.1) is 4.64 Å². The number of rotatable bonds is 4. The van der Waals surface area contributed by atoms with E-state index in [0.717, 1.165) is 17.3 Å². The van der Waals surface area contributed by atoms with Crippen molar-refractivity contribution in [2.45, 2.75) is 12.4 Å². The van der Waals surface area contributed by atoms with Crippen LogP contribution < -0.4 is 0 Å². The van der Waals surface area contributed by atoms with Gasteiger partial charge in [0.1, 0.15) is 10.5 Å². The van der Waals surface area contributed by atoms with Gasteiger partial charge in [-0.3, -0.25) is 0 Å². The van der Waals surface area contributed by atoms with Crippen LogP contribution in [0.25, 0.3) is 0 Å². The maximum Gasteiger partial charge on any atom is 0.130 e. The van der Waals surface area contributed by atoms with E-state index in [4.69, 9.17) is 17.0 Å². The lowest BCUT2D eigenvalue weighted by molar-refractivity contribution is 0.181. The van der Waals surface area contributed by atoms with Gasteiger partial charge in [0.15, 0.2) is 0 Å². The average Bonchev–Trinajstić information content (AvgIpc) is 2.04. The van der Waals surface area contributed by atoms with Crippen molar-refractivity contribution in [3.63, 3.8) is 0 Å². The smallest absolute Gasteiger partial charge is 0.130 e. The number of methoxy groups -OCH3 is 1. The summed E-state index contributed by atoms with van der Waals surface area (Å²) in [6, 6.07) is 1.82. The van der Waals surface area contributed by atoms with Gasteiger partial charge in [-0.15, -0.1) is 0 Å². The first kappa shape index (κ1) is 10.7. The Hall–Kier alpha value is -0.390. The zero-order chi connectivity index (χ0) is 9.68. The molecule has 0 radical (unpaired) electrons. The van der Waals surface area contributed by atoms with Gasteiger partial charge in [-0.05, 0) is 12.3 Å². The first-order valence-electron chi connectivity index (χ1n) is 3.83. The zero-order valence-corrected chi connectivity index (χ0v) is 9.30. The van der Waals surface area contributed by atoms with Gasteiger partial charge in [0, 0.05) is 12.8 Å². The second-order valence-corrected chi connectivity index (χ2v) is 3.84. The highest BCUT2D eigenvalue weighted by atomic mass is 32.2. The number of aromatic amines is 1. The molecule has 1 aromatic rings. The fourth-order valence-corrected chi connectivity index (χ4v) is 1.66. The minimum absolute atomic E-state index is 0.549. The fourth-order valence-electron chi connectivity index (χ4n) is 1.00. The van der Waals surface area contributed by atoms with Crippen LogP contribution in [0.2, 0.25) is 0 Å². The lowest BCUT2D eigenvalue weighted by Gasteiger charge is -2.03. The van der Waals surface area contributed by atoms with E-state index in [1.807, 2.05) is 12.3 Å². The Labute approximate surface area is 86.9 Å². The second kappa shape index (κ2) is 5.36. The Balaban J connectivity index is 2.90. The minimum atomic E-state index is 0.549. The van der Waals surface area contributed by atoms with E-state index in [9.17, 15) is 0 Å². The van der Waals surface area contributed by atoms with Crippen LogP contribution in [0.4, 0.5) is 0 Å². The van der Waals surface area contributed by atoms with Crippen molar-refractivity contribution >= 4 is 24.0 Å². The molecule has 0 amide bonds. The van der Waals surface area contributed by atoms with Crippen LogP contribution in [0.3, 0.4) is 0 Å². The molecule has 13 heavy (non-hydrogen) atoms. The maximum absolute atomic E-state index is 5.02. The first-order valence-corrected chi connectivity index (χ1v) is 5.63. The monoisotopic (exact) mass is 216 g/mol. The van der Waals surface area contributed by atoms with E-state index in [0.29, 0.717) is 11.2 Å². The predicted molar refractivity (Wildman–Crippen MR) is 57.4 cm³/mol. The molecule has 0 atom stereocenters. The van der Waals surface area contributed by atoms with Gasteiger partial charge < -0.3 is 9.72 Å². The van der Waals surface area contributed by atoms with Crippen LogP contribution in [-0.2, 0) is 17.1 Å². The standard InChI is InChI=1S/C8H12N2OS2/c1-11-4-6-3-8(12)10-7(9-6)5-13-2/h3H,4-5H2,1-2H3,(H,9,10,12). The summed E-state index contributed by atoms with van der Waals surface area (Å²) >= 11 is 6.73. The average molecular weight is 216 g/mol. The molecule has 0 unspecified atom stereocenters. The SMILES string of the molecule is COCc1cc(=S)nc(CSC)[nH]1. The molecular formula is C8H12N2OS2. The molecule has 1 rings (SSSR count). The van der Waals surface area contributed by atoms with Crippen LogP contribution >= 0.6 is 24.0 Å². The normalized spacial score (nSPS) is 10.3. The maximum atomic E-state index is 5.02. The Morgan fingerprint density at radius 3 is 3.08 bits per heavy atom. The van der Waals surface area contributed by atoms with Crippen molar-refractivity contribution in [1.29, 1.82) is 0 Å². The van der Waals surface area contributed by atoms with Crippen LogP contribution in [0.5, 0.6) is 0 Å². The third-order valence-electron chi connectivity index (χ3n) is 1.43. The van der Waals surface area contributed by atoms with Gasteiger partial charge in [-0.2, -0.15) is 11.8 Å². The van der Waals surface area contributed by atoms with Crippen molar-refractivity contribution in [2.75, 3.05) is 13.4 Å². The number of ether oxygens (including phenoxy) is 1. The van der Waals surface area contributed by atoms with Crippen molar-refractivity contribution in [3.05, 3.63) is 22.2 Å². The van der Waals surface area contributed by atoms with Crippen LogP contribution in [0.1, 0.15) is 11.5 Å². The number of hydrogen-bond donors (Lipinski definition) is 1. The Bertz CT molecular complexity index is 297. The molecule has 0 spiro atoms. The summed E-state index contributed by atoms with van der Waals surface area (Å²) in [5.74, 6) is 1.76. The molecule has 3 nitrogen and oxygen atoms in total. The van der Waals surface area contributed by atoms with E-state index < -0.39 is 0 Å². The zero-order valence-electron chi connectivity index (χ0n) is 7.66. The minimum Gasteiger partial charge on any atom is -0.378 e. The van der Waals surface area contributed by atoms with Crippen molar-refractivity contribution < 1.29 is 4.74 Å². The summed E-state index contributed by atoms with van der Waals surface area (Å²) in [6.07, 6.45) is 2.03. The van der Waals surface area contributed by atoms with Crippen molar-refractivity contribution in [2.24, 2.45) is 0 Å². The van der Waals surface area contributed by atoms with Crippen LogP contribution in [-0.4, -0.2) is 23.3 Å². The molecule has 1 N–H and O–H groups in total. The Morgan fingerprint density at radius 2 is 2.46 bits per heavy atom. The summed E-state index contributed by atoms with van der Waals surface area (Å²) in [4.78, 5) is 7.35. The van der Waals surface area contributed by atoms with E-state index in [2.05, 4.69) is 9.97 Å². The van der Waals surface area contributed by atoms with E-state index in [1.165, 1.54) is 0 Å². The third-order valence-corrected chi connectivity index (χ3v) is 2.20. The van der Waals surface area contributed by atoms with E-state index in [-0.39, 0.29) is 0 Å². The van der Waals surface area contributed by atoms with Gasteiger partial charge in [0.25, 0.3) is 0 Å². The van der Waals surface area contributed by atoms with Gasteiger partial charge in [0.2, 0.25) is 0 Å². The van der Waals surface area contributed by atoms with Gasteiger partial charge in [-0.1, -0.05) is 12.2 Å². The van der Waals surface area contributed by atoms with E-state index in [1.54, 1.807) is 18.9 Å². The highest BCUT2D eigenvalue weighted by molar-refractivity contribution is 7.97. The highest BCUT2D eigenvalue weighted by Crippen LogP contribution is 2.05. The second-order valence-electron chi connectivity index (χ2n) is 2.56. The first-order chi connectivity index (χ1) is 6.26. The summed E-state index contributed by atoms with van der Waals surface area (Å²) < 4.78 is 5.62. The molecule has 5 heteroatoms. The number of aromatic nitrogens is 2. The van der Waals surface area contributed by atoms with Gasteiger partial charge in [-0.25, -0.2) is 4.98 Å². The quantitative estimate of drug-likeness (QED) is 0.783. The molecule has 0 aliphatic carbocycles. The molecule has 1 aromatic heterocycles. The number of thioether (sulfide) groups is 1. The summed E-state index contributed by atoms with van der Waals surface area (Å²) in [5.41, 5.74) is 0.978. The Kier molecular flexibility index (Phi) is 4.41. The summed E-state index contributed by atoms with van der Waals surface area (Å²) in [5, 5.41) is 0. The third kappa shape index (κ3) is 3.46. The van der Waals surface area contributed by atoms with Crippen molar-refractivity contribution in [1.82, 2.24) is 9.97 Å². The van der Waals surface area contributed by atoms with Crippen molar-refractivity contribution in [3.8, 4) is 0 Å². The molecule has 0 aliphatic heterocycles. The summed E-state index contributed by atoms with van der Waals surface area (Å²) in [7, 11) is 1.66. The van der Waals surface area contributed by atoms with Crippen LogP contribution in [0.15, 0.2) is 6.07 Å². The lowest BCUT2D eigenvalue weighted by atomic mass is 10.4. The number of nitrogens with zero attached hydrogens (tertiary/aromatic N) is 1. The fraction of sp³-hybridized carbons (Fsp3) is 0.500. The molecule has 0 aliphatic rings. The summed E-state index contributed by atoms with van der Waals surface area (Å²) in [6.45, 7) is 0.549. The predicted octanol–water partition coefficient (Wildman–Crippen LogP) is 2.15.